The van der Waals surface area contributed by atoms with E-state index in [2.05, 4.69) is 23.6 Å². The first-order chi connectivity index (χ1) is 8.88. The Morgan fingerprint density at radius 1 is 1.47 bits per heavy atom. The van der Waals surface area contributed by atoms with E-state index in [4.69, 9.17) is 9.84 Å². The fourth-order valence-electron chi connectivity index (χ4n) is 2.54. The molecule has 0 aromatic carbocycles. The van der Waals surface area contributed by atoms with Crippen molar-refractivity contribution in [3.63, 3.8) is 0 Å². The van der Waals surface area contributed by atoms with E-state index in [1.807, 2.05) is 7.05 Å². The van der Waals surface area contributed by atoms with E-state index in [9.17, 15) is 4.79 Å². The van der Waals surface area contributed by atoms with Gasteiger partial charge in [0.2, 0.25) is 0 Å². The van der Waals surface area contributed by atoms with Gasteiger partial charge in [0.1, 0.15) is 0 Å². The van der Waals surface area contributed by atoms with Gasteiger partial charge >= 0.3 is 5.97 Å². The number of hydrogen-bond donors (Lipinski definition) is 1. The van der Waals surface area contributed by atoms with Crippen molar-refractivity contribution >= 4 is 5.97 Å². The fourth-order valence-corrected chi connectivity index (χ4v) is 2.54. The van der Waals surface area contributed by atoms with Crippen LogP contribution in [0.4, 0.5) is 0 Å². The molecule has 5 nitrogen and oxygen atoms in total. The highest BCUT2D eigenvalue weighted by Crippen LogP contribution is 2.10. The summed E-state index contributed by atoms with van der Waals surface area (Å²) in [5, 5.41) is 8.91. The van der Waals surface area contributed by atoms with Crippen molar-refractivity contribution in [1.29, 1.82) is 0 Å². The van der Waals surface area contributed by atoms with Gasteiger partial charge in [-0.2, -0.15) is 0 Å². The molecule has 0 radical (unpaired) electrons. The van der Waals surface area contributed by atoms with E-state index in [0.717, 1.165) is 32.8 Å². The number of carboxylic acids is 1. The molecule has 0 bridgehead atoms. The lowest BCUT2D eigenvalue weighted by molar-refractivity contribution is -0.141. The highest BCUT2D eigenvalue weighted by molar-refractivity contribution is 5.69. The van der Waals surface area contributed by atoms with Crippen molar-refractivity contribution in [1.82, 2.24) is 9.80 Å². The molecule has 1 rings (SSSR count). The summed E-state index contributed by atoms with van der Waals surface area (Å²) in [5.41, 5.74) is 0. The first-order valence-corrected chi connectivity index (χ1v) is 7.13. The van der Waals surface area contributed by atoms with Gasteiger partial charge in [-0.25, -0.2) is 0 Å². The zero-order chi connectivity index (χ0) is 14.4. The molecule has 1 saturated heterocycles. The number of ether oxygens (including phenoxy) is 1. The molecule has 1 aliphatic heterocycles. The lowest BCUT2D eigenvalue weighted by Crippen LogP contribution is -2.48. The predicted molar refractivity (Wildman–Crippen MR) is 75.3 cm³/mol. The number of aliphatic carboxylic acids is 1. The van der Waals surface area contributed by atoms with Crippen molar-refractivity contribution in [2.75, 3.05) is 46.4 Å². The van der Waals surface area contributed by atoms with Gasteiger partial charge in [-0.1, -0.05) is 20.8 Å². The maximum atomic E-state index is 10.8. The fraction of sp³-hybridized carbons (Fsp3) is 0.929. The number of likely N-dealkylation sites (N-methyl/N-ethyl adjacent to an activating group) is 1. The molecule has 2 atom stereocenters. The third kappa shape index (κ3) is 6.36. The highest BCUT2D eigenvalue weighted by Gasteiger charge is 2.23. The van der Waals surface area contributed by atoms with Crippen LogP contribution in [-0.2, 0) is 9.53 Å². The van der Waals surface area contributed by atoms with Gasteiger partial charge in [0.05, 0.1) is 18.6 Å². The molecule has 0 spiro atoms. The number of carboxylic acid groups (broad SMARTS) is 1. The monoisotopic (exact) mass is 272 g/mol. The molecule has 0 aliphatic carbocycles. The molecule has 1 N–H and O–H groups in total. The Kier molecular flexibility index (Phi) is 6.75. The van der Waals surface area contributed by atoms with Crippen LogP contribution in [0.15, 0.2) is 0 Å². The molecule has 5 heteroatoms. The lowest BCUT2D eigenvalue weighted by Gasteiger charge is -2.35. The van der Waals surface area contributed by atoms with E-state index in [1.54, 1.807) is 6.92 Å². The SMILES string of the molecule is CC(C)CN1CCOC(CN(C)CC(C)C(=O)O)C1. The second kappa shape index (κ2) is 7.82. The van der Waals surface area contributed by atoms with E-state index in [-0.39, 0.29) is 12.0 Å². The van der Waals surface area contributed by atoms with Crippen LogP contribution in [0, 0.1) is 11.8 Å². The average molecular weight is 272 g/mol. The molecule has 2 unspecified atom stereocenters. The maximum Gasteiger partial charge on any atom is 0.307 e. The van der Waals surface area contributed by atoms with Gasteiger partial charge in [-0.15, -0.1) is 0 Å². The summed E-state index contributed by atoms with van der Waals surface area (Å²) in [6.07, 6.45) is 0.193. The van der Waals surface area contributed by atoms with Crippen LogP contribution >= 0.6 is 0 Å². The van der Waals surface area contributed by atoms with E-state index in [1.165, 1.54) is 0 Å². The van der Waals surface area contributed by atoms with Crippen molar-refractivity contribution in [3.05, 3.63) is 0 Å². The van der Waals surface area contributed by atoms with Crippen LogP contribution in [0.2, 0.25) is 0 Å². The molecule has 19 heavy (non-hydrogen) atoms. The molecule has 1 heterocycles. The van der Waals surface area contributed by atoms with Crippen LogP contribution in [0.1, 0.15) is 20.8 Å². The first kappa shape index (κ1) is 16.4. The molecule has 1 fully saturated rings. The Morgan fingerprint density at radius 2 is 2.16 bits per heavy atom. The minimum atomic E-state index is -0.738. The Balaban J connectivity index is 2.33. The molecule has 0 saturated carbocycles. The predicted octanol–water partition coefficient (Wildman–Crippen LogP) is 0.996. The Hall–Kier alpha value is -0.650. The van der Waals surface area contributed by atoms with Crippen molar-refractivity contribution in [3.8, 4) is 0 Å². The molecule has 1 aliphatic rings. The lowest BCUT2D eigenvalue weighted by atomic mass is 10.1. The molecular weight excluding hydrogens is 244 g/mol. The summed E-state index contributed by atoms with van der Waals surface area (Å²) >= 11 is 0. The van der Waals surface area contributed by atoms with Gasteiger partial charge in [0, 0.05) is 32.7 Å². The minimum Gasteiger partial charge on any atom is -0.481 e. The second-order valence-corrected chi connectivity index (χ2v) is 6.11. The summed E-state index contributed by atoms with van der Waals surface area (Å²) in [6, 6.07) is 0. The van der Waals surface area contributed by atoms with Gasteiger partial charge in [-0.05, 0) is 13.0 Å². The average Bonchev–Trinajstić information content (AvgIpc) is 2.27. The van der Waals surface area contributed by atoms with Crippen LogP contribution in [0.25, 0.3) is 0 Å². The van der Waals surface area contributed by atoms with Crippen LogP contribution < -0.4 is 0 Å². The van der Waals surface area contributed by atoms with Gasteiger partial charge in [0.15, 0.2) is 0 Å². The number of carbonyl (C=O) groups is 1. The van der Waals surface area contributed by atoms with Crippen molar-refractivity contribution in [2.24, 2.45) is 11.8 Å². The zero-order valence-corrected chi connectivity index (χ0v) is 12.6. The Labute approximate surface area is 116 Å². The number of nitrogens with zero attached hydrogens (tertiary/aromatic N) is 2. The van der Waals surface area contributed by atoms with Gasteiger partial charge < -0.3 is 14.7 Å². The van der Waals surface area contributed by atoms with Gasteiger partial charge in [0.25, 0.3) is 0 Å². The summed E-state index contributed by atoms with van der Waals surface area (Å²) in [5.74, 6) is -0.401. The normalized spacial score (nSPS) is 22.9. The highest BCUT2D eigenvalue weighted by atomic mass is 16.5. The summed E-state index contributed by atoms with van der Waals surface area (Å²) in [6.45, 7) is 11.4. The number of morpholine rings is 1. The quantitative estimate of drug-likeness (QED) is 0.749. The Morgan fingerprint density at radius 3 is 2.74 bits per heavy atom. The van der Waals surface area contributed by atoms with E-state index >= 15 is 0 Å². The minimum absolute atomic E-state index is 0.193. The van der Waals surface area contributed by atoms with Gasteiger partial charge in [-0.3, -0.25) is 9.69 Å². The van der Waals surface area contributed by atoms with Crippen molar-refractivity contribution in [2.45, 2.75) is 26.9 Å². The maximum absolute atomic E-state index is 10.8. The molecule has 0 aromatic rings. The van der Waals surface area contributed by atoms with Crippen LogP contribution in [0.3, 0.4) is 0 Å². The summed E-state index contributed by atoms with van der Waals surface area (Å²) in [4.78, 5) is 15.3. The third-order valence-electron chi connectivity index (χ3n) is 3.37. The third-order valence-corrected chi connectivity index (χ3v) is 3.37. The molecular formula is C14H28N2O3. The van der Waals surface area contributed by atoms with Crippen LogP contribution in [0.5, 0.6) is 0 Å². The van der Waals surface area contributed by atoms with E-state index in [0.29, 0.717) is 12.5 Å². The zero-order valence-electron chi connectivity index (χ0n) is 12.6. The van der Waals surface area contributed by atoms with Crippen molar-refractivity contribution < 1.29 is 14.6 Å². The van der Waals surface area contributed by atoms with E-state index < -0.39 is 5.97 Å². The molecule has 112 valence electrons. The van der Waals surface area contributed by atoms with Crippen LogP contribution in [-0.4, -0.2) is 73.4 Å². The summed E-state index contributed by atoms with van der Waals surface area (Å²) in [7, 11) is 1.96. The molecule has 0 aromatic heterocycles. The largest absolute Gasteiger partial charge is 0.481 e. The molecule has 0 amide bonds. The topological polar surface area (TPSA) is 53.0 Å². The standard InChI is InChI=1S/C14H28N2O3/c1-11(2)7-16-5-6-19-13(10-16)9-15(4)8-12(3)14(17)18/h11-13H,5-10H2,1-4H3,(H,17,18). The summed E-state index contributed by atoms with van der Waals surface area (Å²) < 4.78 is 5.77. The Bertz CT molecular complexity index is 284. The second-order valence-electron chi connectivity index (χ2n) is 6.11. The first-order valence-electron chi connectivity index (χ1n) is 7.13. The number of rotatable bonds is 7. The number of hydrogen-bond acceptors (Lipinski definition) is 4. The smallest absolute Gasteiger partial charge is 0.307 e.